The average molecular weight is 457 g/mol. The van der Waals surface area contributed by atoms with Crippen molar-refractivity contribution in [1.29, 1.82) is 0 Å². The van der Waals surface area contributed by atoms with E-state index >= 15 is 0 Å². The highest BCUT2D eigenvalue weighted by molar-refractivity contribution is 8.05. The van der Waals surface area contributed by atoms with Gasteiger partial charge in [0.25, 0.3) is 9.84 Å². The molecule has 2 aromatic carbocycles. The first-order valence-electron chi connectivity index (χ1n) is 10.5. The van der Waals surface area contributed by atoms with Crippen LogP contribution in [0.2, 0.25) is 0 Å². The topological polar surface area (TPSA) is 119 Å². The molecule has 0 aliphatic heterocycles. The zero-order chi connectivity index (χ0) is 22.6. The van der Waals surface area contributed by atoms with Gasteiger partial charge in [0.05, 0.1) is 5.25 Å². The van der Waals surface area contributed by atoms with Crippen molar-refractivity contribution >= 4 is 15.1 Å². The number of fused-ring (bicyclic) bond motifs is 1. The second kappa shape index (κ2) is 9.52. The molecule has 0 saturated carbocycles. The van der Waals surface area contributed by atoms with Crippen molar-refractivity contribution in [3.05, 3.63) is 87.7 Å². The van der Waals surface area contributed by atoms with Gasteiger partial charge in [0.1, 0.15) is 6.61 Å². The molecule has 1 heterocycles. The molecule has 1 unspecified atom stereocenters. The average Bonchev–Trinajstić information content (AvgIpc) is 3.22. The van der Waals surface area contributed by atoms with Crippen molar-refractivity contribution in [2.75, 3.05) is 0 Å². The summed E-state index contributed by atoms with van der Waals surface area (Å²) in [6, 6.07) is 16.3. The number of ether oxygens (including phenoxy) is 1. The fourth-order valence-corrected chi connectivity index (χ4v) is 5.76. The van der Waals surface area contributed by atoms with Crippen molar-refractivity contribution in [2.45, 2.75) is 44.0 Å². The number of nitrogens with zero attached hydrogens (tertiary/aromatic N) is 1. The molecule has 168 valence electrons. The van der Waals surface area contributed by atoms with Crippen LogP contribution in [0.25, 0.3) is 0 Å². The van der Waals surface area contributed by atoms with Gasteiger partial charge in [-0.2, -0.15) is 0 Å². The summed E-state index contributed by atoms with van der Waals surface area (Å²) in [7, 11) is -4.19. The summed E-state index contributed by atoms with van der Waals surface area (Å²) >= 11 is 0. The van der Waals surface area contributed by atoms with Gasteiger partial charge >= 0.3 is 11.1 Å². The molecule has 0 spiro atoms. The van der Waals surface area contributed by atoms with E-state index in [2.05, 4.69) is 14.7 Å². The summed E-state index contributed by atoms with van der Waals surface area (Å²) in [6.07, 6.45) is 3.04. The van der Waals surface area contributed by atoms with E-state index in [0.29, 0.717) is 30.7 Å². The van der Waals surface area contributed by atoms with Gasteiger partial charge in [-0.15, -0.1) is 0 Å². The van der Waals surface area contributed by atoms with Crippen molar-refractivity contribution in [3.63, 3.8) is 0 Å². The highest BCUT2D eigenvalue weighted by atomic mass is 32.2. The zero-order valence-corrected chi connectivity index (χ0v) is 18.2. The molecule has 32 heavy (non-hydrogen) atoms. The van der Waals surface area contributed by atoms with Crippen LogP contribution < -0.4 is 5.76 Å². The SMILES string of the molecule is O=C(OCc1ccccc1)S(=O)(=O)C1C[C@H](CCCc2noc(=O)[nH]2)Cc2ccccc21. The first kappa shape index (κ1) is 22.0. The number of aromatic nitrogens is 2. The molecule has 1 N–H and O–H groups in total. The van der Waals surface area contributed by atoms with Crippen LogP contribution in [0.3, 0.4) is 0 Å². The molecule has 0 amide bonds. The Morgan fingerprint density at radius 2 is 1.88 bits per heavy atom. The molecule has 0 radical (unpaired) electrons. The molecule has 0 saturated heterocycles. The van der Waals surface area contributed by atoms with E-state index in [9.17, 15) is 18.0 Å². The van der Waals surface area contributed by atoms with Gasteiger partial charge in [-0.3, -0.25) is 9.51 Å². The second-order valence-electron chi connectivity index (χ2n) is 8.00. The molecule has 4 rings (SSSR count). The Morgan fingerprint density at radius 1 is 1.12 bits per heavy atom. The number of carbonyl (C=O) groups is 1. The number of H-pyrrole nitrogens is 1. The van der Waals surface area contributed by atoms with Crippen molar-refractivity contribution in [2.24, 2.45) is 5.92 Å². The molecule has 1 aromatic heterocycles. The predicted molar refractivity (Wildman–Crippen MR) is 117 cm³/mol. The number of carbonyl (C=O) groups excluding carboxylic acids is 1. The van der Waals surface area contributed by atoms with Gasteiger partial charge in [-0.05, 0) is 48.3 Å². The zero-order valence-electron chi connectivity index (χ0n) is 17.4. The van der Waals surface area contributed by atoms with Crippen molar-refractivity contribution in [1.82, 2.24) is 10.1 Å². The summed E-state index contributed by atoms with van der Waals surface area (Å²) in [6.45, 7) is -0.0907. The normalized spacial score (nSPS) is 18.1. The molecule has 8 nitrogen and oxygen atoms in total. The Bertz CT molecular complexity index is 1230. The van der Waals surface area contributed by atoms with E-state index < -0.39 is 26.1 Å². The maximum Gasteiger partial charge on any atom is 0.438 e. The standard InChI is InChI=1S/C23H24N2O6S/c26-22-24-21(25-31-22)12-6-9-17-13-18-10-4-5-11-19(18)20(14-17)32(28,29)23(27)30-15-16-7-2-1-3-8-16/h1-5,7-8,10-11,17,20H,6,9,12-15H2,(H,24,25,26)/t17-,20?/m1/s1. The Hall–Kier alpha value is -3.20. The third kappa shape index (κ3) is 4.99. The first-order chi connectivity index (χ1) is 15.4. The molecule has 0 fully saturated rings. The quantitative estimate of drug-likeness (QED) is 0.538. The maximum atomic E-state index is 13.2. The van der Waals surface area contributed by atoms with Gasteiger partial charge in [-0.1, -0.05) is 59.8 Å². The van der Waals surface area contributed by atoms with Crippen LogP contribution in [-0.2, 0) is 34.0 Å². The molecular weight excluding hydrogens is 432 g/mol. The fourth-order valence-electron chi connectivity index (χ4n) is 4.21. The minimum absolute atomic E-state index is 0.0743. The van der Waals surface area contributed by atoms with E-state index in [0.717, 1.165) is 24.0 Å². The minimum Gasteiger partial charge on any atom is -0.449 e. The number of nitrogens with one attached hydrogen (secondary N) is 1. The van der Waals surface area contributed by atoms with Gasteiger partial charge in [0, 0.05) is 6.42 Å². The lowest BCUT2D eigenvalue weighted by Gasteiger charge is -2.30. The largest absolute Gasteiger partial charge is 0.449 e. The number of sulfone groups is 1. The molecule has 1 aliphatic carbocycles. The van der Waals surface area contributed by atoms with Crippen LogP contribution in [0.5, 0.6) is 0 Å². The highest BCUT2D eigenvalue weighted by Crippen LogP contribution is 2.41. The van der Waals surface area contributed by atoms with Gasteiger partial charge in [-0.25, -0.2) is 18.0 Å². The number of aromatic amines is 1. The molecule has 2 atom stereocenters. The third-order valence-corrected chi connectivity index (χ3v) is 7.55. The fraction of sp³-hybridized carbons (Fsp3) is 0.348. The second-order valence-corrected chi connectivity index (χ2v) is 9.99. The number of aryl methyl sites for hydroxylation is 1. The van der Waals surface area contributed by atoms with Crippen LogP contribution in [-0.4, -0.2) is 23.9 Å². The van der Waals surface area contributed by atoms with Crippen LogP contribution >= 0.6 is 0 Å². The lowest BCUT2D eigenvalue weighted by Crippen LogP contribution is -2.29. The molecule has 9 heteroatoms. The minimum atomic E-state index is -4.19. The summed E-state index contributed by atoms with van der Waals surface area (Å²) in [5.74, 6) is -0.0446. The predicted octanol–water partition coefficient (Wildman–Crippen LogP) is 3.74. The summed E-state index contributed by atoms with van der Waals surface area (Å²) < 4.78 is 36.0. The lowest BCUT2D eigenvalue weighted by atomic mass is 9.81. The van der Waals surface area contributed by atoms with Crippen LogP contribution in [0.4, 0.5) is 4.79 Å². The Morgan fingerprint density at radius 3 is 2.62 bits per heavy atom. The van der Waals surface area contributed by atoms with Crippen LogP contribution in [0.15, 0.2) is 63.9 Å². The number of hydrogen-bond acceptors (Lipinski definition) is 7. The molecular formula is C23H24N2O6S. The third-order valence-electron chi connectivity index (χ3n) is 5.78. The molecule has 0 bridgehead atoms. The molecule has 3 aromatic rings. The summed E-state index contributed by atoms with van der Waals surface area (Å²) in [5, 5.41) is 1.53. The Labute approximate surface area is 185 Å². The highest BCUT2D eigenvalue weighted by Gasteiger charge is 2.40. The number of rotatable bonds is 7. The van der Waals surface area contributed by atoms with Crippen LogP contribution in [0.1, 0.15) is 47.0 Å². The Kier molecular flexibility index (Phi) is 6.55. The smallest absolute Gasteiger partial charge is 0.438 e. The van der Waals surface area contributed by atoms with E-state index in [1.54, 1.807) is 36.4 Å². The lowest BCUT2D eigenvalue weighted by molar-refractivity contribution is 0.165. The summed E-state index contributed by atoms with van der Waals surface area (Å²) in [4.78, 5) is 26.2. The van der Waals surface area contributed by atoms with Crippen molar-refractivity contribution in [3.8, 4) is 0 Å². The van der Waals surface area contributed by atoms with Gasteiger partial charge in [0.2, 0.25) is 0 Å². The van der Waals surface area contributed by atoms with E-state index in [-0.39, 0.29) is 12.5 Å². The monoisotopic (exact) mass is 456 g/mol. The number of hydrogen-bond donors (Lipinski definition) is 1. The number of benzene rings is 2. The molecule has 1 aliphatic rings. The van der Waals surface area contributed by atoms with Crippen LogP contribution in [0, 0.1) is 5.92 Å². The van der Waals surface area contributed by atoms with E-state index in [1.807, 2.05) is 18.2 Å². The van der Waals surface area contributed by atoms with Gasteiger partial charge in [0.15, 0.2) is 5.82 Å². The Balaban J connectivity index is 1.46. The first-order valence-corrected chi connectivity index (χ1v) is 12.1. The maximum absolute atomic E-state index is 13.2. The summed E-state index contributed by atoms with van der Waals surface area (Å²) in [5.41, 5.74) is 2.33. The van der Waals surface area contributed by atoms with E-state index in [4.69, 9.17) is 4.74 Å². The van der Waals surface area contributed by atoms with Gasteiger partial charge < -0.3 is 4.74 Å². The van der Waals surface area contributed by atoms with E-state index in [1.165, 1.54) is 0 Å². The van der Waals surface area contributed by atoms with Crippen molar-refractivity contribution < 1.29 is 22.5 Å².